The molecule has 0 unspecified atom stereocenters. The minimum atomic E-state index is -4.97. The summed E-state index contributed by atoms with van der Waals surface area (Å²) < 4.78 is 60.7. The molecule has 13 nitrogen and oxygen atoms in total. The molecule has 0 aliphatic heterocycles. The van der Waals surface area contributed by atoms with Crippen LogP contribution in [0.25, 0.3) is 11.1 Å². The standard InChI is InChI=1S/C21H23N3O10S2/c1-3-5-7-22(8-6-4-2)35(30,31)13-9-15-19(17(11-13)23(26)27)20-16(21(15)25)10-14(36(32,33)34)12-18(20)24(28)29/h9-12H,3-8H2,1-2H3,(H,32,33,34). The molecule has 0 heterocycles. The maximum absolute atomic E-state index is 13.4. The molecule has 15 heteroatoms. The van der Waals surface area contributed by atoms with E-state index in [2.05, 4.69) is 0 Å². The van der Waals surface area contributed by atoms with Crippen molar-refractivity contribution >= 4 is 37.3 Å². The largest absolute Gasteiger partial charge is 0.294 e. The molecule has 3 rings (SSSR count). The predicted molar refractivity (Wildman–Crippen MR) is 127 cm³/mol. The van der Waals surface area contributed by atoms with Crippen LogP contribution >= 0.6 is 0 Å². The highest BCUT2D eigenvalue weighted by Crippen LogP contribution is 2.49. The summed E-state index contributed by atoms with van der Waals surface area (Å²) in [6.45, 7) is 4.05. The summed E-state index contributed by atoms with van der Waals surface area (Å²) in [6.07, 6.45) is 2.45. The minimum absolute atomic E-state index is 0.154. The third-order valence-corrected chi connectivity index (χ3v) is 8.48. The van der Waals surface area contributed by atoms with Gasteiger partial charge in [-0.3, -0.25) is 29.6 Å². The fraction of sp³-hybridized carbons (Fsp3) is 0.381. The van der Waals surface area contributed by atoms with Gasteiger partial charge in [0.1, 0.15) is 4.90 Å². The van der Waals surface area contributed by atoms with Gasteiger partial charge in [-0.2, -0.15) is 12.7 Å². The van der Waals surface area contributed by atoms with Crippen LogP contribution in [0.2, 0.25) is 0 Å². The highest BCUT2D eigenvalue weighted by Gasteiger charge is 2.42. The normalized spacial score (nSPS) is 13.1. The average molecular weight is 542 g/mol. The van der Waals surface area contributed by atoms with Gasteiger partial charge in [0.2, 0.25) is 10.0 Å². The van der Waals surface area contributed by atoms with Gasteiger partial charge in [-0.1, -0.05) is 26.7 Å². The van der Waals surface area contributed by atoms with E-state index < -0.39 is 79.2 Å². The van der Waals surface area contributed by atoms with Crippen molar-refractivity contribution in [3.8, 4) is 11.1 Å². The molecule has 0 spiro atoms. The van der Waals surface area contributed by atoms with Gasteiger partial charge in [0, 0.05) is 36.3 Å². The Bertz CT molecular complexity index is 1480. The van der Waals surface area contributed by atoms with Crippen LogP contribution in [0.5, 0.6) is 0 Å². The predicted octanol–water partition coefficient (Wildman–Crippen LogP) is 3.55. The molecule has 2 aromatic carbocycles. The topological polar surface area (TPSA) is 195 Å². The maximum atomic E-state index is 13.4. The highest BCUT2D eigenvalue weighted by molar-refractivity contribution is 7.89. The van der Waals surface area contributed by atoms with Crippen molar-refractivity contribution in [3.05, 3.63) is 55.6 Å². The monoisotopic (exact) mass is 541 g/mol. The van der Waals surface area contributed by atoms with Crippen LogP contribution < -0.4 is 0 Å². The molecular formula is C21H23N3O10S2. The number of unbranched alkanes of at least 4 members (excludes halogenated alkanes) is 2. The lowest BCUT2D eigenvalue weighted by Crippen LogP contribution is -2.33. The number of benzene rings is 2. The van der Waals surface area contributed by atoms with E-state index in [0.29, 0.717) is 37.8 Å². The summed E-state index contributed by atoms with van der Waals surface area (Å²) in [5.41, 5.74) is -3.87. The van der Waals surface area contributed by atoms with E-state index in [1.807, 2.05) is 13.8 Å². The Hall–Kier alpha value is -3.27. The van der Waals surface area contributed by atoms with Crippen molar-refractivity contribution < 1.29 is 36.0 Å². The summed E-state index contributed by atoms with van der Waals surface area (Å²) in [4.78, 5) is 33.4. The van der Waals surface area contributed by atoms with Crippen molar-refractivity contribution in [2.24, 2.45) is 0 Å². The fourth-order valence-corrected chi connectivity index (χ4v) is 6.08. The van der Waals surface area contributed by atoms with Crippen LogP contribution in [-0.4, -0.2) is 54.4 Å². The van der Waals surface area contributed by atoms with Crippen LogP contribution in [0.1, 0.15) is 55.5 Å². The van der Waals surface area contributed by atoms with E-state index in [1.54, 1.807) is 0 Å². The SMILES string of the molecule is CCCCN(CCCC)S(=O)(=O)c1cc2c(c([N+](=O)[O-])c1)-c1c(cc(S(=O)(=O)O)cc1[N+](=O)[O-])C2=O. The summed E-state index contributed by atoms with van der Waals surface area (Å²) >= 11 is 0. The molecule has 0 atom stereocenters. The number of hydrogen-bond donors (Lipinski definition) is 1. The number of carbonyl (C=O) groups excluding carboxylic acids is 1. The van der Waals surface area contributed by atoms with Crippen molar-refractivity contribution in [2.75, 3.05) is 13.1 Å². The van der Waals surface area contributed by atoms with Crippen molar-refractivity contribution in [1.82, 2.24) is 4.31 Å². The molecule has 2 aromatic rings. The first-order chi connectivity index (χ1) is 16.7. The lowest BCUT2D eigenvalue weighted by atomic mass is 10.0. The molecule has 0 radical (unpaired) electrons. The van der Waals surface area contributed by atoms with E-state index in [0.717, 1.165) is 12.1 Å². The second-order valence-electron chi connectivity index (χ2n) is 8.16. The van der Waals surface area contributed by atoms with E-state index in [4.69, 9.17) is 0 Å². The van der Waals surface area contributed by atoms with Crippen LogP contribution in [0, 0.1) is 20.2 Å². The van der Waals surface area contributed by atoms with Crippen molar-refractivity contribution in [1.29, 1.82) is 0 Å². The van der Waals surface area contributed by atoms with E-state index in [9.17, 15) is 46.4 Å². The zero-order valence-electron chi connectivity index (χ0n) is 19.3. The molecule has 0 saturated heterocycles. The number of nitrogens with zero attached hydrogens (tertiary/aromatic N) is 3. The van der Waals surface area contributed by atoms with Crippen LogP contribution in [0.4, 0.5) is 11.4 Å². The van der Waals surface area contributed by atoms with Crippen molar-refractivity contribution in [3.63, 3.8) is 0 Å². The van der Waals surface area contributed by atoms with E-state index in [1.165, 1.54) is 4.31 Å². The Labute approximate surface area is 206 Å². The lowest BCUT2D eigenvalue weighted by Gasteiger charge is -2.22. The Morgan fingerprint density at radius 3 is 1.61 bits per heavy atom. The van der Waals surface area contributed by atoms with Gasteiger partial charge in [0.25, 0.3) is 21.5 Å². The second-order valence-corrected chi connectivity index (χ2v) is 11.5. The highest BCUT2D eigenvalue weighted by atomic mass is 32.2. The first-order valence-electron chi connectivity index (χ1n) is 10.9. The number of nitro groups is 2. The van der Waals surface area contributed by atoms with Gasteiger partial charge in [-0.05, 0) is 25.0 Å². The molecular weight excluding hydrogens is 518 g/mol. The zero-order chi connectivity index (χ0) is 27.0. The molecule has 1 aliphatic carbocycles. The molecule has 0 aromatic heterocycles. The fourth-order valence-electron chi connectivity index (χ4n) is 3.99. The molecule has 0 fully saturated rings. The maximum Gasteiger partial charge on any atom is 0.294 e. The van der Waals surface area contributed by atoms with Gasteiger partial charge in [0.15, 0.2) is 5.78 Å². The van der Waals surface area contributed by atoms with Crippen LogP contribution in [0.15, 0.2) is 34.1 Å². The smallest absolute Gasteiger partial charge is 0.289 e. The summed E-state index contributed by atoms with van der Waals surface area (Å²) in [7, 11) is -9.26. The Balaban J connectivity index is 2.32. The Kier molecular flexibility index (Phi) is 7.59. The number of sulfonamides is 1. The third-order valence-electron chi connectivity index (χ3n) is 5.77. The average Bonchev–Trinajstić information content (AvgIpc) is 3.09. The number of hydrogen-bond acceptors (Lipinski definition) is 9. The third kappa shape index (κ3) is 4.86. The number of ketones is 1. The van der Waals surface area contributed by atoms with Crippen LogP contribution in [0.3, 0.4) is 0 Å². The van der Waals surface area contributed by atoms with Gasteiger partial charge < -0.3 is 0 Å². The molecule has 194 valence electrons. The molecule has 1 aliphatic rings. The molecule has 0 amide bonds. The summed E-state index contributed by atoms with van der Waals surface area (Å²) in [5, 5.41) is 23.7. The van der Waals surface area contributed by atoms with Crippen molar-refractivity contribution in [2.45, 2.75) is 49.3 Å². The van der Waals surface area contributed by atoms with Gasteiger partial charge >= 0.3 is 0 Å². The summed E-state index contributed by atoms with van der Waals surface area (Å²) in [5.74, 6) is -1.04. The minimum Gasteiger partial charge on any atom is -0.289 e. The number of carbonyl (C=O) groups is 1. The zero-order valence-corrected chi connectivity index (χ0v) is 21.0. The first-order valence-corrected chi connectivity index (χ1v) is 13.8. The Morgan fingerprint density at radius 2 is 1.22 bits per heavy atom. The quantitative estimate of drug-likeness (QED) is 0.213. The first kappa shape index (κ1) is 27.3. The molecule has 0 saturated carbocycles. The van der Waals surface area contributed by atoms with Gasteiger partial charge in [0.05, 0.1) is 25.9 Å². The van der Waals surface area contributed by atoms with Gasteiger partial charge in [-0.25, -0.2) is 8.42 Å². The lowest BCUT2D eigenvalue weighted by molar-refractivity contribution is -0.386. The number of rotatable bonds is 11. The summed E-state index contributed by atoms with van der Waals surface area (Å²) in [6, 6.07) is 2.83. The van der Waals surface area contributed by atoms with Crippen LogP contribution in [-0.2, 0) is 20.1 Å². The molecule has 0 bridgehead atoms. The molecule has 1 N–H and O–H groups in total. The second kappa shape index (κ2) is 10.0. The number of fused-ring (bicyclic) bond motifs is 3. The van der Waals surface area contributed by atoms with E-state index >= 15 is 0 Å². The Morgan fingerprint density at radius 1 is 0.806 bits per heavy atom. The molecule has 36 heavy (non-hydrogen) atoms. The number of nitro benzene ring substituents is 2. The van der Waals surface area contributed by atoms with Gasteiger partial charge in [-0.15, -0.1) is 0 Å². The van der Waals surface area contributed by atoms with E-state index in [-0.39, 0.29) is 13.1 Å².